The summed E-state index contributed by atoms with van der Waals surface area (Å²) < 4.78 is 16.2. The van der Waals surface area contributed by atoms with Gasteiger partial charge in [0, 0.05) is 42.1 Å². The zero-order valence-electron chi connectivity index (χ0n) is 26.8. The summed E-state index contributed by atoms with van der Waals surface area (Å²) in [6, 6.07) is 48.3. The lowest BCUT2D eigenvalue weighted by Crippen LogP contribution is -2.01. The van der Waals surface area contributed by atoms with E-state index in [4.69, 9.17) is 23.8 Å². The van der Waals surface area contributed by atoms with Crippen LogP contribution in [-0.2, 0) is 0 Å². The maximum Gasteiger partial charge on any atom is 0.167 e. The predicted octanol–water partition coefficient (Wildman–Crippen LogP) is 12.8. The largest absolute Gasteiger partial charge is 0.456 e. The van der Waals surface area contributed by atoms with Gasteiger partial charge in [-0.25, -0.2) is 15.0 Å². The molecule has 5 nitrogen and oxygen atoms in total. The third-order valence-corrected chi connectivity index (χ3v) is 11.4. The topological polar surface area (TPSA) is 65.0 Å². The van der Waals surface area contributed by atoms with E-state index in [1.54, 1.807) is 11.3 Å². The van der Waals surface area contributed by atoms with Crippen LogP contribution in [0.25, 0.3) is 120 Å². The van der Waals surface area contributed by atoms with E-state index in [9.17, 15) is 0 Å². The van der Waals surface area contributed by atoms with Crippen molar-refractivity contribution in [2.75, 3.05) is 0 Å². The van der Waals surface area contributed by atoms with Gasteiger partial charge in [-0.3, -0.25) is 0 Å². The number of rotatable bonds is 3. The lowest BCUT2D eigenvalue weighted by atomic mass is 10.0. The Labute approximate surface area is 293 Å². The second-order valence-electron chi connectivity index (χ2n) is 13.1. The fraction of sp³-hybridized carbons (Fsp3) is 0. The molecule has 0 aliphatic carbocycles. The van der Waals surface area contributed by atoms with Crippen molar-refractivity contribution in [1.82, 2.24) is 15.0 Å². The number of fused-ring (bicyclic) bond motifs is 4. The van der Waals surface area contributed by atoms with E-state index in [0.717, 1.165) is 81.9 Å². The Morgan fingerprint density at radius 2 is 0.941 bits per heavy atom. The number of hydrogen-bond donors (Lipinski definition) is 0. The van der Waals surface area contributed by atoms with Crippen LogP contribution >= 0.6 is 11.3 Å². The van der Waals surface area contributed by atoms with Crippen molar-refractivity contribution in [3.05, 3.63) is 140 Å². The summed E-state index contributed by atoms with van der Waals surface area (Å²) in [5.74, 6) is 1.74. The Morgan fingerprint density at radius 3 is 1.65 bits per heavy atom. The molecular formula is C45H23N3O2S. The van der Waals surface area contributed by atoms with E-state index in [-0.39, 0.29) is 0 Å². The number of thiophene rings is 1. The molecule has 0 atom stereocenters. The minimum Gasteiger partial charge on any atom is -0.456 e. The maximum absolute atomic E-state index is 7.25. The molecule has 8 aromatic carbocycles. The molecule has 4 aromatic heterocycles. The SMILES string of the molecule is c1ccc2c(-c3nc(-c4cccc5ccccc45)nc(-c4ccc5oc6ccc7sc8cc9ccccc9c9oc4c5c6c7c89)n3)cccc2c1. The monoisotopic (exact) mass is 669 g/mol. The normalized spacial score (nSPS) is 12.3. The van der Waals surface area contributed by atoms with Crippen molar-refractivity contribution in [3.63, 3.8) is 0 Å². The highest BCUT2D eigenvalue weighted by molar-refractivity contribution is 7.26. The summed E-state index contributed by atoms with van der Waals surface area (Å²) in [6.07, 6.45) is 0. The first-order chi connectivity index (χ1) is 25.3. The zero-order chi connectivity index (χ0) is 33.2. The van der Waals surface area contributed by atoms with E-state index >= 15 is 0 Å². The standard InChI is InChI=1S/C45H23N3O2S/c1-4-14-27-24(9-1)12-7-17-30(27)43-46-44(31-18-8-13-25-10-2-5-15-28(25)31)48-45(47-43)32-19-20-34-38-37-33(49-34)21-22-35-39(37)40-36(51-35)23-26-11-3-6-16-29(26)41(40)50-42(32)38/h1-23H. The lowest BCUT2D eigenvalue weighted by Gasteiger charge is -2.12. The highest BCUT2D eigenvalue weighted by Gasteiger charge is 2.25. The van der Waals surface area contributed by atoms with Gasteiger partial charge >= 0.3 is 0 Å². The van der Waals surface area contributed by atoms with Gasteiger partial charge < -0.3 is 8.83 Å². The smallest absolute Gasteiger partial charge is 0.167 e. The van der Waals surface area contributed by atoms with Gasteiger partial charge in [-0.15, -0.1) is 11.3 Å². The highest BCUT2D eigenvalue weighted by atomic mass is 32.1. The number of furan rings is 1. The molecule has 0 saturated carbocycles. The number of hydrogen-bond acceptors (Lipinski definition) is 6. The Balaban J connectivity index is 1.25. The van der Waals surface area contributed by atoms with E-state index in [1.807, 2.05) is 12.1 Å². The summed E-state index contributed by atoms with van der Waals surface area (Å²) in [7, 11) is 0. The van der Waals surface area contributed by atoms with Crippen molar-refractivity contribution < 1.29 is 8.83 Å². The van der Waals surface area contributed by atoms with Gasteiger partial charge in [0.05, 0.1) is 10.9 Å². The molecule has 0 unspecified atom stereocenters. The van der Waals surface area contributed by atoms with Crippen LogP contribution in [-0.4, -0.2) is 15.0 Å². The summed E-state index contributed by atoms with van der Waals surface area (Å²) in [4.78, 5) is 15.7. The number of nitrogens with zero attached hydrogens (tertiary/aromatic N) is 3. The van der Waals surface area contributed by atoms with Crippen LogP contribution in [0.2, 0.25) is 0 Å². The van der Waals surface area contributed by atoms with E-state index in [2.05, 4.69) is 127 Å². The fourth-order valence-electron chi connectivity index (χ4n) is 8.03. The minimum absolute atomic E-state index is 0.537. The number of benzene rings is 8. The summed E-state index contributed by atoms with van der Waals surface area (Å²) in [5.41, 5.74) is 5.82. The third-order valence-electron chi connectivity index (χ3n) is 10.3. The maximum atomic E-state index is 7.25. The molecule has 12 aromatic rings. The Hall–Kier alpha value is -6.63. The summed E-state index contributed by atoms with van der Waals surface area (Å²) >= 11 is 1.79. The first-order valence-corrected chi connectivity index (χ1v) is 17.8. The molecule has 0 spiro atoms. The molecule has 0 saturated heterocycles. The predicted molar refractivity (Wildman–Crippen MR) is 210 cm³/mol. The molecule has 0 bridgehead atoms. The van der Waals surface area contributed by atoms with Gasteiger partial charge in [0.25, 0.3) is 0 Å². The van der Waals surface area contributed by atoms with Crippen molar-refractivity contribution in [2.24, 2.45) is 0 Å². The molecule has 0 fully saturated rings. The second kappa shape index (κ2) is 9.97. The van der Waals surface area contributed by atoms with Crippen LogP contribution in [0.1, 0.15) is 0 Å². The van der Waals surface area contributed by atoms with E-state index < -0.39 is 0 Å². The summed E-state index contributed by atoms with van der Waals surface area (Å²) in [5, 5.41) is 10.9. The molecule has 0 aliphatic heterocycles. The molecule has 6 heteroatoms. The molecule has 0 N–H and O–H groups in total. The van der Waals surface area contributed by atoms with Gasteiger partial charge in [0.1, 0.15) is 22.3 Å². The Bertz CT molecular complexity index is 3280. The molecule has 0 radical (unpaired) electrons. The van der Waals surface area contributed by atoms with Crippen LogP contribution in [0.3, 0.4) is 0 Å². The van der Waals surface area contributed by atoms with Gasteiger partial charge in [-0.1, -0.05) is 109 Å². The second-order valence-corrected chi connectivity index (χ2v) is 14.2. The Morgan fingerprint density at radius 1 is 0.373 bits per heavy atom. The fourth-order valence-corrected chi connectivity index (χ4v) is 9.19. The van der Waals surface area contributed by atoms with E-state index in [0.29, 0.717) is 23.1 Å². The van der Waals surface area contributed by atoms with Gasteiger partial charge in [-0.05, 0) is 57.3 Å². The quantitative estimate of drug-likeness (QED) is 0.187. The molecule has 0 aliphatic rings. The first-order valence-electron chi connectivity index (χ1n) is 16.9. The number of aromatic nitrogens is 3. The lowest BCUT2D eigenvalue weighted by molar-refractivity contribution is 0.659. The molecule has 0 amide bonds. The van der Waals surface area contributed by atoms with Crippen LogP contribution in [0.5, 0.6) is 0 Å². The third kappa shape index (κ3) is 3.77. The average Bonchev–Trinajstić information content (AvgIpc) is 3.70. The first kappa shape index (κ1) is 27.2. The van der Waals surface area contributed by atoms with Crippen molar-refractivity contribution in [1.29, 1.82) is 0 Å². The molecule has 12 rings (SSSR count). The molecular weight excluding hydrogens is 647 g/mol. The molecule has 4 heterocycles. The van der Waals surface area contributed by atoms with Crippen molar-refractivity contribution in [3.8, 4) is 34.2 Å². The van der Waals surface area contributed by atoms with Gasteiger partial charge in [0.2, 0.25) is 0 Å². The van der Waals surface area contributed by atoms with Gasteiger partial charge in [0.15, 0.2) is 17.5 Å². The van der Waals surface area contributed by atoms with Crippen LogP contribution in [0, 0.1) is 0 Å². The van der Waals surface area contributed by atoms with E-state index in [1.165, 1.54) is 14.8 Å². The average molecular weight is 670 g/mol. The highest BCUT2D eigenvalue weighted by Crippen LogP contribution is 2.50. The Kier molecular flexibility index (Phi) is 5.32. The molecule has 236 valence electrons. The summed E-state index contributed by atoms with van der Waals surface area (Å²) in [6.45, 7) is 0. The van der Waals surface area contributed by atoms with Gasteiger partial charge in [-0.2, -0.15) is 0 Å². The van der Waals surface area contributed by atoms with Crippen LogP contribution < -0.4 is 0 Å². The zero-order valence-corrected chi connectivity index (χ0v) is 27.7. The van der Waals surface area contributed by atoms with Crippen molar-refractivity contribution in [2.45, 2.75) is 0 Å². The van der Waals surface area contributed by atoms with Crippen LogP contribution in [0.4, 0.5) is 0 Å². The molecule has 51 heavy (non-hydrogen) atoms. The minimum atomic E-state index is 0.537. The van der Waals surface area contributed by atoms with Crippen LogP contribution in [0.15, 0.2) is 148 Å². The van der Waals surface area contributed by atoms with Crippen molar-refractivity contribution >= 4 is 96.9 Å².